The molecular formula is C20H24ClN3O2. The van der Waals surface area contributed by atoms with Crippen LogP contribution in [-0.2, 0) is 9.53 Å². The molecule has 2 aromatic carbocycles. The molecule has 26 heavy (non-hydrogen) atoms. The zero-order chi connectivity index (χ0) is 18.6. The summed E-state index contributed by atoms with van der Waals surface area (Å²) in [6.07, 6.45) is 1.03. The summed E-state index contributed by atoms with van der Waals surface area (Å²) in [6.45, 7) is 3.08. The Bertz CT molecular complexity index is 761. The molecule has 138 valence electrons. The summed E-state index contributed by atoms with van der Waals surface area (Å²) in [4.78, 5) is 12.5. The molecule has 0 radical (unpaired) electrons. The lowest BCUT2D eigenvalue weighted by atomic mass is 9.90. The third kappa shape index (κ3) is 4.36. The van der Waals surface area contributed by atoms with E-state index in [0.29, 0.717) is 36.8 Å². The van der Waals surface area contributed by atoms with Crippen molar-refractivity contribution in [1.82, 2.24) is 0 Å². The highest BCUT2D eigenvalue weighted by Crippen LogP contribution is 2.29. The second-order valence-corrected chi connectivity index (χ2v) is 7.10. The number of halogens is 1. The first-order valence-electron chi connectivity index (χ1n) is 8.77. The number of carbonyl (C=O) groups excluding carboxylic acids is 1. The minimum atomic E-state index is -0.885. The van der Waals surface area contributed by atoms with Gasteiger partial charge >= 0.3 is 0 Å². The first kappa shape index (κ1) is 18.7. The zero-order valence-electron chi connectivity index (χ0n) is 14.8. The predicted octanol–water partition coefficient (Wildman–Crippen LogP) is 3.96. The van der Waals surface area contributed by atoms with Crippen molar-refractivity contribution in [1.29, 1.82) is 0 Å². The SMILES string of the molecule is CC(Nc1ccc(NC(=O)C2(N)CCOCC2)cc1Cl)c1ccccc1. The van der Waals surface area contributed by atoms with E-state index in [2.05, 4.69) is 29.7 Å². The minimum absolute atomic E-state index is 0.115. The fourth-order valence-corrected chi connectivity index (χ4v) is 3.22. The smallest absolute Gasteiger partial charge is 0.244 e. The van der Waals surface area contributed by atoms with E-state index in [1.54, 1.807) is 6.07 Å². The molecule has 1 amide bonds. The summed E-state index contributed by atoms with van der Waals surface area (Å²) >= 11 is 6.40. The molecule has 5 nitrogen and oxygen atoms in total. The van der Waals surface area contributed by atoms with Crippen LogP contribution in [0.15, 0.2) is 48.5 Å². The van der Waals surface area contributed by atoms with E-state index in [1.165, 1.54) is 5.56 Å². The van der Waals surface area contributed by atoms with Gasteiger partial charge in [0.2, 0.25) is 5.91 Å². The Labute approximate surface area is 158 Å². The van der Waals surface area contributed by atoms with Crippen LogP contribution >= 0.6 is 11.6 Å². The van der Waals surface area contributed by atoms with Crippen LogP contribution in [0.3, 0.4) is 0 Å². The van der Waals surface area contributed by atoms with Crippen molar-refractivity contribution in [3.8, 4) is 0 Å². The molecular weight excluding hydrogens is 350 g/mol. The van der Waals surface area contributed by atoms with Gasteiger partial charge in [-0.3, -0.25) is 4.79 Å². The van der Waals surface area contributed by atoms with Gasteiger partial charge in [0.25, 0.3) is 0 Å². The molecule has 3 rings (SSSR count). The summed E-state index contributed by atoms with van der Waals surface area (Å²) in [7, 11) is 0. The number of benzene rings is 2. The number of hydrogen-bond acceptors (Lipinski definition) is 4. The Hall–Kier alpha value is -2.08. The number of nitrogens with two attached hydrogens (primary N) is 1. The molecule has 1 unspecified atom stereocenters. The second-order valence-electron chi connectivity index (χ2n) is 6.69. The van der Waals surface area contributed by atoms with Crippen LogP contribution in [0.2, 0.25) is 5.02 Å². The van der Waals surface area contributed by atoms with Crippen LogP contribution in [0.5, 0.6) is 0 Å². The number of ether oxygens (including phenoxy) is 1. The Balaban J connectivity index is 1.66. The van der Waals surface area contributed by atoms with E-state index in [9.17, 15) is 4.79 Å². The van der Waals surface area contributed by atoms with Gasteiger partial charge in [-0.1, -0.05) is 41.9 Å². The van der Waals surface area contributed by atoms with E-state index in [0.717, 1.165) is 5.69 Å². The lowest BCUT2D eigenvalue weighted by Gasteiger charge is -2.31. The third-order valence-corrected chi connectivity index (χ3v) is 5.05. The summed E-state index contributed by atoms with van der Waals surface area (Å²) in [5, 5.41) is 6.81. The Morgan fingerprint density at radius 2 is 1.88 bits per heavy atom. The molecule has 0 aliphatic carbocycles. The number of hydrogen-bond donors (Lipinski definition) is 3. The van der Waals surface area contributed by atoms with Gasteiger partial charge in [0.05, 0.1) is 10.7 Å². The van der Waals surface area contributed by atoms with Gasteiger partial charge in [0.15, 0.2) is 0 Å². The molecule has 1 atom stereocenters. The molecule has 0 saturated carbocycles. The van der Waals surface area contributed by atoms with E-state index in [-0.39, 0.29) is 11.9 Å². The molecule has 1 fully saturated rings. The highest BCUT2D eigenvalue weighted by molar-refractivity contribution is 6.33. The predicted molar refractivity (Wildman–Crippen MR) is 106 cm³/mol. The van der Waals surface area contributed by atoms with Gasteiger partial charge in [-0.15, -0.1) is 0 Å². The van der Waals surface area contributed by atoms with Gasteiger partial charge in [0.1, 0.15) is 5.54 Å². The van der Waals surface area contributed by atoms with Crippen molar-refractivity contribution >= 4 is 28.9 Å². The third-order valence-electron chi connectivity index (χ3n) is 4.74. The molecule has 1 aliphatic rings. The van der Waals surface area contributed by atoms with Gasteiger partial charge < -0.3 is 21.1 Å². The average molecular weight is 374 g/mol. The topological polar surface area (TPSA) is 76.4 Å². The molecule has 0 bridgehead atoms. The normalized spacial score (nSPS) is 17.3. The number of carbonyl (C=O) groups is 1. The minimum Gasteiger partial charge on any atom is -0.381 e. The van der Waals surface area contributed by atoms with Crippen molar-refractivity contribution in [3.63, 3.8) is 0 Å². The Morgan fingerprint density at radius 3 is 2.54 bits per heavy atom. The number of amides is 1. The Kier molecular flexibility index (Phi) is 5.81. The van der Waals surface area contributed by atoms with Crippen molar-refractivity contribution in [2.24, 2.45) is 5.73 Å². The molecule has 0 spiro atoms. The molecule has 4 N–H and O–H groups in total. The van der Waals surface area contributed by atoms with Crippen molar-refractivity contribution in [2.45, 2.75) is 31.3 Å². The molecule has 0 aromatic heterocycles. The van der Waals surface area contributed by atoms with Crippen LogP contribution in [-0.4, -0.2) is 24.7 Å². The highest BCUT2D eigenvalue weighted by Gasteiger charge is 2.35. The van der Waals surface area contributed by atoms with E-state index in [1.807, 2.05) is 30.3 Å². The van der Waals surface area contributed by atoms with Crippen LogP contribution in [0.4, 0.5) is 11.4 Å². The maximum absolute atomic E-state index is 12.5. The van der Waals surface area contributed by atoms with Crippen LogP contribution < -0.4 is 16.4 Å². The van der Waals surface area contributed by atoms with E-state index in [4.69, 9.17) is 22.1 Å². The van der Waals surface area contributed by atoms with Crippen molar-refractivity contribution in [2.75, 3.05) is 23.8 Å². The van der Waals surface area contributed by atoms with Gasteiger partial charge in [-0.05, 0) is 43.5 Å². The number of nitrogens with one attached hydrogen (secondary N) is 2. The lowest BCUT2D eigenvalue weighted by molar-refractivity contribution is -0.124. The Morgan fingerprint density at radius 1 is 1.19 bits per heavy atom. The summed E-state index contributed by atoms with van der Waals surface area (Å²) in [5.41, 5.74) is 7.95. The van der Waals surface area contributed by atoms with Gasteiger partial charge in [0, 0.05) is 24.9 Å². The maximum Gasteiger partial charge on any atom is 0.244 e. The highest BCUT2D eigenvalue weighted by atomic mass is 35.5. The van der Waals surface area contributed by atoms with E-state index < -0.39 is 5.54 Å². The van der Waals surface area contributed by atoms with Crippen molar-refractivity contribution in [3.05, 3.63) is 59.1 Å². The zero-order valence-corrected chi connectivity index (χ0v) is 15.6. The summed E-state index contributed by atoms with van der Waals surface area (Å²) in [6, 6.07) is 15.7. The maximum atomic E-state index is 12.5. The monoisotopic (exact) mass is 373 g/mol. The summed E-state index contributed by atoms with van der Waals surface area (Å²) < 4.78 is 5.28. The molecule has 1 heterocycles. The van der Waals surface area contributed by atoms with E-state index >= 15 is 0 Å². The molecule has 1 saturated heterocycles. The fraction of sp³-hybridized carbons (Fsp3) is 0.350. The van der Waals surface area contributed by atoms with Crippen LogP contribution in [0, 0.1) is 0 Å². The first-order valence-corrected chi connectivity index (χ1v) is 9.15. The van der Waals surface area contributed by atoms with Crippen LogP contribution in [0.25, 0.3) is 0 Å². The fourth-order valence-electron chi connectivity index (χ4n) is 2.99. The number of anilines is 2. The molecule has 2 aromatic rings. The second kappa shape index (κ2) is 8.08. The summed E-state index contributed by atoms with van der Waals surface area (Å²) in [5.74, 6) is -0.199. The van der Waals surface area contributed by atoms with Crippen molar-refractivity contribution < 1.29 is 9.53 Å². The standard InChI is InChI=1S/C20H24ClN3O2/c1-14(15-5-3-2-4-6-15)23-18-8-7-16(13-17(18)21)24-19(25)20(22)9-11-26-12-10-20/h2-8,13-14,23H,9-12,22H2,1H3,(H,24,25). The van der Waals surface area contributed by atoms with Crippen LogP contribution in [0.1, 0.15) is 31.4 Å². The number of rotatable bonds is 5. The lowest BCUT2D eigenvalue weighted by Crippen LogP contribution is -2.54. The van der Waals surface area contributed by atoms with Gasteiger partial charge in [-0.2, -0.15) is 0 Å². The molecule has 6 heteroatoms. The average Bonchev–Trinajstić information content (AvgIpc) is 2.65. The van der Waals surface area contributed by atoms with Gasteiger partial charge in [-0.25, -0.2) is 0 Å². The molecule has 1 aliphatic heterocycles. The quantitative estimate of drug-likeness (QED) is 0.741. The largest absolute Gasteiger partial charge is 0.381 e. The first-order chi connectivity index (χ1) is 12.5.